The van der Waals surface area contributed by atoms with Gasteiger partial charge in [-0.1, -0.05) is 53.8 Å². The first-order chi connectivity index (χ1) is 20.4. The Morgan fingerprint density at radius 3 is 2.55 bits per heavy atom. The zero-order valence-electron chi connectivity index (χ0n) is 22.5. The Labute approximate surface area is 272 Å². The average molecular weight is 803 g/mol. The van der Waals surface area contributed by atoms with Crippen LogP contribution in [-0.4, -0.2) is 30.9 Å². The first kappa shape index (κ1) is 30.0. The lowest BCUT2D eigenvalue weighted by Crippen LogP contribution is -2.40. The van der Waals surface area contributed by atoms with Crippen LogP contribution in [0.25, 0.3) is 11.8 Å². The van der Waals surface area contributed by atoms with Crippen LogP contribution in [0.2, 0.25) is 0 Å². The third-order valence-corrected chi connectivity index (χ3v) is 8.82. The van der Waals surface area contributed by atoms with Gasteiger partial charge in [0.15, 0.2) is 11.4 Å². The highest BCUT2D eigenvalue weighted by atomic mass is 127. The van der Waals surface area contributed by atoms with E-state index in [-0.39, 0.29) is 24.3 Å². The molecule has 8 nitrogen and oxygen atoms in total. The quantitative estimate of drug-likeness (QED) is 0.183. The third-order valence-electron chi connectivity index (χ3n) is 6.41. The lowest BCUT2D eigenvalue weighted by molar-refractivity contribution is -0.138. The van der Waals surface area contributed by atoms with Crippen LogP contribution < -0.4 is 24.4 Å². The van der Waals surface area contributed by atoms with E-state index >= 15 is 0 Å². The summed E-state index contributed by atoms with van der Waals surface area (Å²) < 4.78 is 20.3. The number of halogens is 2. The largest absolute Gasteiger partial charge is 0.497 e. The molecule has 0 N–H and O–H groups in total. The highest BCUT2D eigenvalue weighted by Crippen LogP contribution is 2.36. The predicted octanol–water partition coefficient (Wildman–Crippen LogP) is 5.06. The van der Waals surface area contributed by atoms with Crippen molar-refractivity contribution in [3.63, 3.8) is 0 Å². The topological polar surface area (TPSA) is 103 Å². The average Bonchev–Trinajstić information content (AvgIpc) is 3.30. The van der Waals surface area contributed by atoms with Gasteiger partial charge in [-0.25, -0.2) is 9.79 Å². The highest BCUT2D eigenvalue weighted by Gasteiger charge is 2.35. The van der Waals surface area contributed by atoms with Crippen LogP contribution in [0.4, 0.5) is 0 Å². The maximum Gasteiger partial charge on any atom is 0.338 e. The molecule has 1 aromatic heterocycles. The van der Waals surface area contributed by atoms with Gasteiger partial charge in [-0.05, 0) is 88.0 Å². The number of benzene rings is 3. The monoisotopic (exact) mass is 803 g/mol. The minimum atomic E-state index is -0.797. The molecule has 42 heavy (non-hydrogen) atoms. The predicted molar refractivity (Wildman–Crippen MR) is 177 cm³/mol. The molecule has 1 aliphatic rings. The van der Waals surface area contributed by atoms with Gasteiger partial charge in [-0.15, -0.1) is 0 Å². The number of thiazole rings is 1. The zero-order valence-corrected chi connectivity index (χ0v) is 27.6. The fraction of sp³-hybridized carbons (Fsp3) is 0.161. The number of rotatable bonds is 8. The molecule has 0 saturated carbocycles. The van der Waals surface area contributed by atoms with E-state index in [0.717, 1.165) is 12.7 Å². The standard InChI is InChI=1S/C31H23I2N3O5S/c1-3-40-30(38)25-26(18-7-5-4-6-8-18)35-31-36(27(25)19-9-11-22(39-2)12-10-19)29(37)24(42-31)16-20-15-21(32)17-23(33)28(20)41-14-13-34/h4-12,15-17,27H,3,14H2,1-2H3/b24-16-/t27-/m0/s1. The van der Waals surface area contributed by atoms with Crippen LogP contribution in [0, 0.1) is 18.5 Å². The zero-order chi connectivity index (χ0) is 29.8. The van der Waals surface area contributed by atoms with Gasteiger partial charge in [-0.3, -0.25) is 9.36 Å². The maximum atomic E-state index is 14.2. The summed E-state index contributed by atoms with van der Waals surface area (Å²) in [5.41, 5.74) is 2.51. The molecule has 3 aromatic carbocycles. The van der Waals surface area contributed by atoms with Crippen molar-refractivity contribution < 1.29 is 19.0 Å². The number of hydrogen-bond donors (Lipinski definition) is 0. The summed E-state index contributed by atoms with van der Waals surface area (Å²) in [6.45, 7) is 1.78. The van der Waals surface area contributed by atoms with E-state index in [4.69, 9.17) is 24.5 Å². The second-order valence-electron chi connectivity index (χ2n) is 8.96. The molecule has 1 aliphatic heterocycles. The van der Waals surface area contributed by atoms with Crippen molar-refractivity contribution in [1.82, 2.24) is 4.57 Å². The molecule has 4 aromatic rings. The SMILES string of the molecule is CCOC(=O)C1=C(c2ccccc2)N=c2s/c(=C\c3cc(I)cc(I)c3OCC#N)c(=O)n2[C@H]1c1ccc(OC)cc1. The van der Waals surface area contributed by atoms with Gasteiger partial charge in [0.05, 0.1) is 39.1 Å². The number of nitrogens with zero attached hydrogens (tertiary/aromatic N) is 3. The summed E-state index contributed by atoms with van der Waals surface area (Å²) >= 11 is 5.59. The number of ether oxygens (including phenoxy) is 3. The molecular formula is C31H23I2N3O5S. The van der Waals surface area contributed by atoms with Crippen LogP contribution in [0.1, 0.15) is 29.7 Å². The molecule has 0 saturated heterocycles. The summed E-state index contributed by atoms with van der Waals surface area (Å²) in [6, 6.07) is 21.7. The Kier molecular flexibility index (Phi) is 9.44. The van der Waals surface area contributed by atoms with Crippen molar-refractivity contribution in [3.05, 3.63) is 116 Å². The lowest BCUT2D eigenvalue weighted by Gasteiger charge is -2.26. The number of fused-ring (bicyclic) bond motifs is 1. The molecular weight excluding hydrogens is 780 g/mol. The van der Waals surface area contributed by atoms with E-state index in [1.54, 1.807) is 36.8 Å². The minimum Gasteiger partial charge on any atom is -0.497 e. The van der Waals surface area contributed by atoms with Crippen LogP contribution >= 0.6 is 56.5 Å². The Hall–Kier alpha value is -3.48. The van der Waals surface area contributed by atoms with Crippen molar-refractivity contribution in [2.75, 3.05) is 20.3 Å². The number of carbonyl (C=O) groups is 1. The Morgan fingerprint density at radius 1 is 1.14 bits per heavy atom. The summed E-state index contributed by atoms with van der Waals surface area (Å²) in [5, 5.41) is 9.10. The van der Waals surface area contributed by atoms with Crippen LogP contribution in [0.3, 0.4) is 0 Å². The fourth-order valence-corrected chi connectivity index (χ4v) is 7.66. The molecule has 0 unspecified atom stereocenters. The lowest BCUT2D eigenvalue weighted by atomic mass is 9.93. The Balaban J connectivity index is 1.82. The highest BCUT2D eigenvalue weighted by molar-refractivity contribution is 14.1. The summed E-state index contributed by atoms with van der Waals surface area (Å²) in [4.78, 5) is 33.1. The molecule has 11 heteroatoms. The summed E-state index contributed by atoms with van der Waals surface area (Å²) in [5.74, 6) is 0.621. The van der Waals surface area contributed by atoms with Crippen molar-refractivity contribution in [2.45, 2.75) is 13.0 Å². The van der Waals surface area contributed by atoms with Crippen molar-refractivity contribution in [1.29, 1.82) is 5.26 Å². The number of carbonyl (C=O) groups excluding carboxylic acids is 1. The van der Waals surface area contributed by atoms with E-state index < -0.39 is 12.0 Å². The molecule has 212 valence electrons. The van der Waals surface area contributed by atoms with Crippen molar-refractivity contribution in [2.24, 2.45) is 4.99 Å². The molecule has 0 amide bonds. The Morgan fingerprint density at radius 2 is 1.88 bits per heavy atom. The molecule has 0 spiro atoms. The van der Waals surface area contributed by atoms with E-state index in [1.165, 1.54) is 11.3 Å². The molecule has 1 atom stereocenters. The van der Waals surface area contributed by atoms with Gasteiger partial charge in [0, 0.05) is 14.7 Å². The molecule has 2 heterocycles. The van der Waals surface area contributed by atoms with E-state index in [2.05, 4.69) is 45.2 Å². The van der Waals surface area contributed by atoms with E-state index in [0.29, 0.717) is 37.7 Å². The van der Waals surface area contributed by atoms with Crippen LogP contribution in [0.5, 0.6) is 11.5 Å². The second kappa shape index (κ2) is 13.2. The number of aromatic nitrogens is 1. The summed E-state index contributed by atoms with van der Waals surface area (Å²) in [7, 11) is 1.58. The number of esters is 1. The van der Waals surface area contributed by atoms with Gasteiger partial charge >= 0.3 is 5.97 Å². The van der Waals surface area contributed by atoms with Crippen molar-refractivity contribution in [3.8, 4) is 17.6 Å². The molecule has 0 radical (unpaired) electrons. The normalized spacial score (nSPS) is 14.5. The van der Waals surface area contributed by atoms with E-state index in [9.17, 15) is 9.59 Å². The first-order valence-electron chi connectivity index (χ1n) is 12.8. The third kappa shape index (κ3) is 6.02. The molecule has 0 fully saturated rings. The van der Waals surface area contributed by atoms with Gasteiger partial charge < -0.3 is 14.2 Å². The summed E-state index contributed by atoms with van der Waals surface area (Å²) in [6.07, 6.45) is 1.75. The maximum absolute atomic E-state index is 14.2. The molecule has 5 rings (SSSR count). The van der Waals surface area contributed by atoms with Crippen LogP contribution in [0.15, 0.2) is 82.1 Å². The van der Waals surface area contributed by atoms with Gasteiger partial charge in [0.1, 0.15) is 17.6 Å². The first-order valence-corrected chi connectivity index (χ1v) is 15.7. The second-order valence-corrected chi connectivity index (χ2v) is 12.4. The molecule has 0 aliphatic carbocycles. The number of methoxy groups -OCH3 is 1. The van der Waals surface area contributed by atoms with Crippen molar-refractivity contribution >= 4 is 74.3 Å². The van der Waals surface area contributed by atoms with Gasteiger partial charge in [-0.2, -0.15) is 5.26 Å². The number of nitriles is 1. The van der Waals surface area contributed by atoms with Gasteiger partial charge in [0.25, 0.3) is 5.56 Å². The fourth-order valence-electron chi connectivity index (χ4n) is 4.63. The van der Waals surface area contributed by atoms with Gasteiger partial charge in [0.2, 0.25) is 0 Å². The van der Waals surface area contributed by atoms with Crippen LogP contribution in [-0.2, 0) is 9.53 Å². The number of hydrogen-bond acceptors (Lipinski definition) is 8. The minimum absolute atomic E-state index is 0.126. The smallest absolute Gasteiger partial charge is 0.338 e. The Bertz CT molecular complexity index is 1910. The molecule has 0 bridgehead atoms. The van der Waals surface area contributed by atoms with E-state index in [1.807, 2.05) is 60.7 Å².